The second-order valence-corrected chi connectivity index (χ2v) is 5.45. The van der Waals surface area contributed by atoms with Gasteiger partial charge < -0.3 is 10.6 Å². The summed E-state index contributed by atoms with van der Waals surface area (Å²) in [5, 5.41) is 5.70. The normalized spacial score (nSPS) is 11.0. The predicted molar refractivity (Wildman–Crippen MR) is 93.4 cm³/mol. The highest BCUT2D eigenvalue weighted by Gasteiger charge is 2.30. The molecule has 3 aromatic rings. The molecular formula is C19H14F3N3O. The summed E-state index contributed by atoms with van der Waals surface area (Å²) in [7, 11) is 0. The minimum Gasteiger partial charge on any atom is -0.354 e. The van der Waals surface area contributed by atoms with Crippen molar-refractivity contribution < 1.29 is 18.0 Å². The number of anilines is 3. The fourth-order valence-electron chi connectivity index (χ4n) is 2.23. The van der Waals surface area contributed by atoms with Gasteiger partial charge in [-0.1, -0.05) is 18.2 Å². The zero-order valence-electron chi connectivity index (χ0n) is 13.4. The molecule has 0 atom stereocenters. The van der Waals surface area contributed by atoms with Crippen molar-refractivity contribution in [2.24, 2.45) is 0 Å². The van der Waals surface area contributed by atoms with E-state index in [1.54, 1.807) is 18.3 Å². The Bertz CT molecular complexity index is 877. The quantitative estimate of drug-likeness (QED) is 0.683. The summed E-state index contributed by atoms with van der Waals surface area (Å²) in [5.41, 5.74) is 0.953. The van der Waals surface area contributed by atoms with Crippen LogP contribution in [0.2, 0.25) is 0 Å². The molecule has 0 unspecified atom stereocenters. The van der Waals surface area contributed by atoms with Crippen LogP contribution in [0.15, 0.2) is 72.9 Å². The van der Waals surface area contributed by atoms with Crippen molar-refractivity contribution in [3.8, 4) is 0 Å². The molecule has 3 rings (SSSR count). The van der Waals surface area contributed by atoms with E-state index in [0.29, 0.717) is 5.82 Å². The monoisotopic (exact) mass is 357 g/mol. The third-order valence-electron chi connectivity index (χ3n) is 3.54. The van der Waals surface area contributed by atoms with Crippen molar-refractivity contribution in [3.63, 3.8) is 0 Å². The maximum atomic E-state index is 12.5. The van der Waals surface area contributed by atoms with E-state index in [1.165, 1.54) is 0 Å². The SMILES string of the molecule is O=C(Nc1ccc(Nc2ccccc2)cn1)c1ccc(C(F)(F)F)cc1. The van der Waals surface area contributed by atoms with E-state index in [4.69, 9.17) is 0 Å². The van der Waals surface area contributed by atoms with Crippen LogP contribution >= 0.6 is 0 Å². The first kappa shape index (κ1) is 17.5. The van der Waals surface area contributed by atoms with Crippen LogP contribution in [0.25, 0.3) is 0 Å². The molecule has 0 aliphatic rings. The zero-order chi connectivity index (χ0) is 18.6. The summed E-state index contributed by atoms with van der Waals surface area (Å²) in [6.07, 6.45) is -2.88. The Hall–Kier alpha value is -3.35. The number of nitrogens with zero attached hydrogens (tertiary/aromatic N) is 1. The molecule has 132 valence electrons. The minimum atomic E-state index is -4.43. The summed E-state index contributed by atoms with van der Waals surface area (Å²) in [6.45, 7) is 0. The van der Waals surface area contributed by atoms with Crippen LogP contribution in [0.1, 0.15) is 15.9 Å². The number of carbonyl (C=O) groups excluding carboxylic acids is 1. The van der Waals surface area contributed by atoms with Gasteiger partial charge in [0.05, 0.1) is 17.4 Å². The molecular weight excluding hydrogens is 343 g/mol. The lowest BCUT2D eigenvalue weighted by Gasteiger charge is -2.09. The Kier molecular flexibility index (Phi) is 4.88. The highest BCUT2D eigenvalue weighted by molar-refractivity contribution is 6.03. The van der Waals surface area contributed by atoms with Crippen molar-refractivity contribution in [2.75, 3.05) is 10.6 Å². The van der Waals surface area contributed by atoms with Gasteiger partial charge in [0.15, 0.2) is 0 Å². The fourth-order valence-corrected chi connectivity index (χ4v) is 2.23. The third kappa shape index (κ3) is 4.38. The van der Waals surface area contributed by atoms with Crippen LogP contribution in [-0.2, 0) is 6.18 Å². The molecule has 0 fully saturated rings. The highest BCUT2D eigenvalue weighted by Crippen LogP contribution is 2.29. The molecule has 2 N–H and O–H groups in total. The molecule has 0 bridgehead atoms. The first-order valence-electron chi connectivity index (χ1n) is 7.68. The van der Waals surface area contributed by atoms with E-state index in [0.717, 1.165) is 35.6 Å². The molecule has 0 aliphatic carbocycles. The van der Waals surface area contributed by atoms with E-state index >= 15 is 0 Å². The first-order valence-corrected chi connectivity index (χ1v) is 7.68. The van der Waals surface area contributed by atoms with E-state index in [2.05, 4.69) is 15.6 Å². The second kappa shape index (κ2) is 7.26. The number of hydrogen-bond acceptors (Lipinski definition) is 3. The molecule has 0 aliphatic heterocycles. The Morgan fingerprint density at radius 3 is 2.12 bits per heavy atom. The number of rotatable bonds is 4. The molecule has 26 heavy (non-hydrogen) atoms. The summed E-state index contributed by atoms with van der Waals surface area (Å²) < 4.78 is 37.6. The highest BCUT2D eigenvalue weighted by atomic mass is 19.4. The molecule has 1 amide bonds. The van der Waals surface area contributed by atoms with Gasteiger partial charge in [0, 0.05) is 11.3 Å². The van der Waals surface area contributed by atoms with Crippen molar-refractivity contribution >= 4 is 23.1 Å². The number of hydrogen-bond donors (Lipinski definition) is 2. The predicted octanol–water partition coefficient (Wildman–Crippen LogP) is 5.10. The Balaban J connectivity index is 1.64. The number of carbonyl (C=O) groups is 1. The molecule has 0 spiro atoms. The maximum absolute atomic E-state index is 12.5. The molecule has 4 nitrogen and oxygen atoms in total. The number of para-hydroxylation sites is 1. The summed E-state index contributed by atoms with van der Waals surface area (Å²) in [5.74, 6) is -0.233. The number of benzene rings is 2. The average molecular weight is 357 g/mol. The van der Waals surface area contributed by atoms with E-state index in [-0.39, 0.29) is 5.56 Å². The van der Waals surface area contributed by atoms with Crippen molar-refractivity contribution in [2.45, 2.75) is 6.18 Å². The van der Waals surface area contributed by atoms with Crippen LogP contribution < -0.4 is 10.6 Å². The number of amides is 1. The molecule has 7 heteroatoms. The summed E-state index contributed by atoms with van der Waals surface area (Å²) in [6, 6.07) is 16.8. The smallest absolute Gasteiger partial charge is 0.354 e. The third-order valence-corrected chi connectivity index (χ3v) is 3.54. The minimum absolute atomic E-state index is 0.117. The lowest BCUT2D eigenvalue weighted by molar-refractivity contribution is -0.137. The van der Waals surface area contributed by atoms with Crippen molar-refractivity contribution in [1.82, 2.24) is 4.98 Å². The number of aromatic nitrogens is 1. The number of pyridine rings is 1. The molecule has 0 radical (unpaired) electrons. The van der Waals surface area contributed by atoms with Crippen LogP contribution in [0.4, 0.5) is 30.4 Å². The van der Waals surface area contributed by atoms with Crippen LogP contribution in [0.3, 0.4) is 0 Å². The van der Waals surface area contributed by atoms with Gasteiger partial charge in [0.25, 0.3) is 5.91 Å². The number of halogens is 3. The van der Waals surface area contributed by atoms with E-state index in [1.807, 2.05) is 30.3 Å². The van der Waals surface area contributed by atoms with Gasteiger partial charge in [-0.15, -0.1) is 0 Å². The van der Waals surface area contributed by atoms with Crippen LogP contribution in [-0.4, -0.2) is 10.9 Å². The molecule has 1 heterocycles. The molecule has 0 saturated heterocycles. The van der Waals surface area contributed by atoms with Gasteiger partial charge in [-0.3, -0.25) is 4.79 Å². The topological polar surface area (TPSA) is 54.0 Å². The van der Waals surface area contributed by atoms with Gasteiger partial charge in [-0.25, -0.2) is 4.98 Å². The Morgan fingerprint density at radius 1 is 0.846 bits per heavy atom. The van der Waals surface area contributed by atoms with Gasteiger partial charge in [0.2, 0.25) is 0 Å². The first-order chi connectivity index (χ1) is 12.4. The van der Waals surface area contributed by atoms with Crippen LogP contribution in [0.5, 0.6) is 0 Å². The largest absolute Gasteiger partial charge is 0.416 e. The molecule has 1 aromatic heterocycles. The average Bonchev–Trinajstić information content (AvgIpc) is 2.63. The van der Waals surface area contributed by atoms with Crippen molar-refractivity contribution in [3.05, 3.63) is 84.1 Å². The zero-order valence-corrected chi connectivity index (χ0v) is 13.4. The van der Waals surface area contributed by atoms with E-state index < -0.39 is 17.6 Å². The number of nitrogens with one attached hydrogen (secondary N) is 2. The maximum Gasteiger partial charge on any atom is 0.416 e. The lowest BCUT2D eigenvalue weighted by Crippen LogP contribution is -2.13. The fraction of sp³-hybridized carbons (Fsp3) is 0.0526. The molecule has 0 saturated carbocycles. The van der Waals surface area contributed by atoms with Gasteiger partial charge in [-0.2, -0.15) is 13.2 Å². The summed E-state index contributed by atoms with van der Waals surface area (Å²) in [4.78, 5) is 16.2. The van der Waals surface area contributed by atoms with Crippen molar-refractivity contribution in [1.29, 1.82) is 0 Å². The second-order valence-electron chi connectivity index (χ2n) is 5.45. The van der Waals surface area contributed by atoms with E-state index in [9.17, 15) is 18.0 Å². The standard InChI is InChI=1S/C19H14F3N3O/c20-19(21,22)14-8-6-13(7-9-14)18(26)25-17-11-10-16(12-23-17)24-15-4-2-1-3-5-15/h1-12,24H,(H,23,25,26). The molecule has 2 aromatic carbocycles. The lowest BCUT2D eigenvalue weighted by atomic mass is 10.1. The van der Waals surface area contributed by atoms with Gasteiger partial charge >= 0.3 is 6.18 Å². The number of alkyl halides is 3. The van der Waals surface area contributed by atoms with Gasteiger partial charge in [-0.05, 0) is 48.5 Å². The Morgan fingerprint density at radius 2 is 1.54 bits per heavy atom. The Labute approximate surface area is 147 Å². The van der Waals surface area contributed by atoms with Crippen LogP contribution in [0, 0.1) is 0 Å². The van der Waals surface area contributed by atoms with Gasteiger partial charge in [0.1, 0.15) is 5.82 Å². The summed E-state index contributed by atoms with van der Waals surface area (Å²) >= 11 is 0.